The molecular weight excluding hydrogens is 374 g/mol. The van der Waals surface area contributed by atoms with Crippen LogP contribution >= 0.6 is 11.6 Å². The molecule has 0 aliphatic carbocycles. The number of benzene rings is 1. The van der Waals surface area contributed by atoms with Crippen molar-refractivity contribution in [3.8, 4) is 0 Å². The molecular formula is C18H17BrClN3. The average molecular weight is 391 g/mol. The third kappa shape index (κ3) is 2.41. The number of rotatable bonds is 2. The molecule has 0 aliphatic rings. The molecule has 0 amide bonds. The average Bonchev–Trinajstić information content (AvgIpc) is 3.03. The summed E-state index contributed by atoms with van der Waals surface area (Å²) in [6.07, 6.45) is 4.01. The molecule has 0 saturated carbocycles. The van der Waals surface area contributed by atoms with E-state index in [1.807, 2.05) is 18.2 Å². The molecule has 0 saturated heterocycles. The van der Waals surface area contributed by atoms with Crippen LogP contribution in [0, 0.1) is 0 Å². The van der Waals surface area contributed by atoms with Crippen molar-refractivity contribution in [3.63, 3.8) is 0 Å². The number of fused-ring (bicyclic) bond motifs is 6. The van der Waals surface area contributed by atoms with E-state index in [4.69, 9.17) is 16.7 Å². The molecule has 0 radical (unpaired) electrons. The fourth-order valence-corrected chi connectivity index (χ4v) is 3.35. The van der Waals surface area contributed by atoms with E-state index >= 15 is 0 Å². The van der Waals surface area contributed by atoms with Gasteiger partial charge in [0.1, 0.15) is 16.7 Å². The lowest BCUT2D eigenvalue weighted by Gasteiger charge is -2.06. The molecule has 0 bridgehead atoms. The number of hydrogen-bond acceptors (Lipinski definition) is 1. The van der Waals surface area contributed by atoms with E-state index in [1.165, 1.54) is 5.56 Å². The molecule has 5 heteroatoms. The molecule has 4 rings (SSSR count). The lowest BCUT2D eigenvalue weighted by atomic mass is 10.1. The monoisotopic (exact) mass is 389 g/mol. The van der Waals surface area contributed by atoms with Gasteiger partial charge < -0.3 is 21.4 Å². The van der Waals surface area contributed by atoms with Gasteiger partial charge in [-0.25, -0.2) is 0 Å². The Labute approximate surface area is 150 Å². The van der Waals surface area contributed by atoms with Gasteiger partial charge in [0.2, 0.25) is 0 Å². The summed E-state index contributed by atoms with van der Waals surface area (Å²) in [5.41, 5.74) is 6.91. The standard InChI is InChI=1S/C18H17ClN3.BrH/c1-3-12-10-18-15-6-5-9-21(15)17-11-13(19)7-8-16(17)22(18)20-14(12)4-2;/h5-11H,3-4H2,1-2H3;1H/q+1;/p-1. The first-order chi connectivity index (χ1) is 10.7. The summed E-state index contributed by atoms with van der Waals surface area (Å²) in [5, 5.41) is 5.65. The summed E-state index contributed by atoms with van der Waals surface area (Å²) in [6.45, 7) is 4.34. The second-order valence-corrected chi connectivity index (χ2v) is 5.95. The Kier molecular flexibility index (Phi) is 4.30. The number of aryl methyl sites for hydroxylation is 2. The normalized spacial score (nSPS) is 11.3. The van der Waals surface area contributed by atoms with Gasteiger partial charge in [0, 0.05) is 28.5 Å². The van der Waals surface area contributed by atoms with Gasteiger partial charge in [-0.05, 0) is 47.2 Å². The van der Waals surface area contributed by atoms with Crippen LogP contribution in [-0.2, 0) is 12.8 Å². The number of aromatic nitrogens is 3. The molecule has 3 nitrogen and oxygen atoms in total. The number of nitrogens with zero attached hydrogens (tertiary/aromatic N) is 3. The van der Waals surface area contributed by atoms with Crippen LogP contribution in [0.15, 0.2) is 42.6 Å². The second-order valence-electron chi connectivity index (χ2n) is 5.52. The van der Waals surface area contributed by atoms with Gasteiger partial charge in [0.25, 0.3) is 11.0 Å². The quantitative estimate of drug-likeness (QED) is 0.370. The van der Waals surface area contributed by atoms with E-state index in [0.717, 1.165) is 45.6 Å². The summed E-state index contributed by atoms with van der Waals surface area (Å²) in [7, 11) is 0. The molecule has 0 aliphatic heterocycles. The maximum atomic E-state index is 6.20. The minimum atomic E-state index is 0. The lowest BCUT2D eigenvalue weighted by Crippen LogP contribution is -3.00. The van der Waals surface area contributed by atoms with Gasteiger partial charge in [-0.15, -0.1) is 0 Å². The van der Waals surface area contributed by atoms with Gasteiger partial charge in [-0.1, -0.05) is 25.4 Å². The Bertz CT molecular complexity index is 1020. The number of hydrogen-bond donors (Lipinski definition) is 0. The number of halogens is 2. The molecule has 3 aromatic heterocycles. The topological polar surface area (TPSA) is 21.4 Å². The predicted octanol–water partition coefficient (Wildman–Crippen LogP) is 1.01. The van der Waals surface area contributed by atoms with Crippen LogP contribution in [0.4, 0.5) is 0 Å². The molecule has 0 fully saturated rings. The van der Waals surface area contributed by atoms with Gasteiger partial charge in [-0.3, -0.25) is 0 Å². The lowest BCUT2D eigenvalue weighted by molar-refractivity contribution is -0.553. The van der Waals surface area contributed by atoms with Crippen molar-refractivity contribution >= 4 is 33.7 Å². The largest absolute Gasteiger partial charge is 1.00 e. The maximum absolute atomic E-state index is 6.20. The minimum absolute atomic E-state index is 0. The molecule has 3 heterocycles. The van der Waals surface area contributed by atoms with Crippen molar-refractivity contribution < 1.29 is 21.5 Å². The highest BCUT2D eigenvalue weighted by molar-refractivity contribution is 6.31. The van der Waals surface area contributed by atoms with E-state index in [1.54, 1.807) is 0 Å². The van der Waals surface area contributed by atoms with Gasteiger partial charge in [0.15, 0.2) is 0 Å². The molecule has 0 atom stereocenters. The first kappa shape index (κ1) is 16.2. The molecule has 0 unspecified atom stereocenters. The minimum Gasteiger partial charge on any atom is -1.00 e. The Morgan fingerprint density at radius 3 is 2.61 bits per heavy atom. The Hall–Kier alpha value is -1.65. The van der Waals surface area contributed by atoms with Crippen molar-refractivity contribution in [2.45, 2.75) is 26.7 Å². The molecule has 4 aromatic rings. The van der Waals surface area contributed by atoms with Crippen molar-refractivity contribution in [2.24, 2.45) is 0 Å². The first-order valence-electron chi connectivity index (χ1n) is 7.66. The predicted molar refractivity (Wildman–Crippen MR) is 89.6 cm³/mol. The fourth-order valence-electron chi connectivity index (χ4n) is 3.19. The maximum Gasteiger partial charge on any atom is 0.263 e. The highest BCUT2D eigenvalue weighted by Gasteiger charge is 2.20. The highest BCUT2D eigenvalue weighted by Crippen LogP contribution is 2.22. The first-order valence-corrected chi connectivity index (χ1v) is 8.04. The zero-order valence-electron chi connectivity index (χ0n) is 13.1. The van der Waals surface area contributed by atoms with E-state index in [-0.39, 0.29) is 17.0 Å². The zero-order valence-corrected chi connectivity index (χ0v) is 15.4. The van der Waals surface area contributed by atoms with Crippen LogP contribution in [0.5, 0.6) is 0 Å². The fraction of sp³-hybridized carbons (Fsp3) is 0.222. The molecule has 23 heavy (non-hydrogen) atoms. The Morgan fingerprint density at radius 2 is 1.87 bits per heavy atom. The zero-order chi connectivity index (χ0) is 15.3. The Morgan fingerprint density at radius 1 is 1.04 bits per heavy atom. The van der Waals surface area contributed by atoms with Gasteiger partial charge in [-0.2, -0.15) is 0 Å². The van der Waals surface area contributed by atoms with E-state index in [2.05, 4.69) is 47.2 Å². The van der Waals surface area contributed by atoms with Crippen LogP contribution < -0.4 is 21.5 Å². The van der Waals surface area contributed by atoms with Gasteiger partial charge >= 0.3 is 0 Å². The summed E-state index contributed by atoms with van der Waals surface area (Å²) in [4.78, 5) is 0. The summed E-state index contributed by atoms with van der Waals surface area (Å²) >= 11 is 6.20. The third-order valence-corrected chi connectivity index (χ3v) is 4.52. The molecule has 1 aromatic carbocycles. The van der Waals surface area contributed by atoms with Gasteiger partial charge in [0.05, 0.1) is 0 Å². The summed E-state index contributed by atoms with van der Waals surface area (Å²) < 4.78 is 4.24. The van der Waals surface area contributed by atoms with Crippen LogP contribution in [0.3, 0.4) is 0 Å². The van der Waals surface area contributed by atoms with Crippen LogP contribution in [-0.4, -0.2) is 9.50 Å². The molecule has 0 N–H and O–H groups in total. The van der Waals surface area contributed by atoms with Crippen LogP contribution in [0.1, 0.15) is 25.1 Å². The van der Waals surface area contributed by atoms with Crippen molar-refractivity contribution in [1.29, 1.82) is 0 Å². The van der Waals surface area contributed by atoms with E-state index in [0.29, 0.717) is 0 Å². The smallest absolute Gasteiger partial charge is 0.263 e. The molecule has 0 spiro atoms. The van der Waals surface area contributed by atoms with Crippen molar-refractivity contribution in [3.05, 3.63) is 58.9 Å². The molecule has 118 valence electrons. The Balaban J connectivity index is 0.00000156. The van der Waals surface area contributed by atoms with E-state index in [9.17, 15) is 0 Å². The van der Waals surface area contributed by atoms with Crippen LogP contribution in [0.25, 0.3) is 22.1 Å². The third-order valence-electron chi connectivity index (χ3n) is 4.28. The van der Waals surface area contributed by atoms with Crippen molar-refractivity contribution in [1.82, 2.24) is 9.50 Å². The summed E-state index contributed by atoms with van der Waals surface area (Å²) in [6, 6.07) is 12.4. The van der Waals surface area contributed by atoms with Crippen LogP contribution in [0.2, 0.25) is 5.02 Å². The highest BCUT2D eigenvalue weighted by atomic mass is 79.9. The van der Waals surface area contributed by atoms with Crippen molar-refractivity contribution in [2.75, 3.05) is 0 Å². The summed E-state index contributed by atoms with van der Waals surface area (Å²) in [5.74, 6) is 0. The SMILES string of the molecule is CCc1cc2c3cccn3c3cc(Cl)ccc3[n+]2nc1CC.[Br-]. The van der Waals surface area contributed by atoms with E-state index < -0.39 is 0 Å². The second kappa shape index (κ2) is 6.10.